The van der Waals surface area contributed by atoms with E-state index >= 15 is 0 Å². The predicted molar refractivity (Wildman–Crippen MR) is 116 cm³/mol. The molecule has 0 unspecified atom stereocenters. The van der Waals surface area contributed by atoms with E-state index in [9.17, 15) is 5.11 Å². The second-order valence-electron chi connectivity index (χ2n) is 5.43. The minimum Gasteiger partial charge on any atom is -0.392 e. The smallest absolute Gasteiger partial charge is 0.191 e. The first kappa shape index (κ1) is 21.7. The van der Waals surface area contributed by atoms with E-state index in [4.69, 9.17) is 11.6 Å². The third kappa shape index (κ3) is 7.63. The highest BCUT2D eigenvalue weighted by Crippen LogP contribution is 2.10. The van der Waals surface area contributed by atoms with E-state index in [-0.39, 0.29) is 30.6 Å². The summed E-state index contributed by atoms with van der Waals surface area (Å²) < 4.78 is 0. The van der Waals surface area contributed by atoms with Gasteiger partial charge in [0.25, 0.3) is 0 Å². The summed E-state index contributed by atoms with van der Waals surface area (Å²) >= 11 is 5.90. The topological polar surface area (TPSA) is 56.7 Å². The maximum absolute atomic E-state index is 9.38. The highest BCUT2D eigenvalue weighted by atomic mass is 127. The lowest BCUT2D eigenvalue weighted by Gasteiger charge is -2.12. The standard InChI is InChI=1S/C19H24ClN3O.HI/c1-2-21-19(22-12-11-15-7-9-18(20)10-8-15)23-13-16-5-3-4-6-17(16)14-24;/h3-10,24H,2,11-14H2,1H3,(H2,21,22,23);1H. The molecule has 0 radical (unpaired) electrons. The lowest BCUT2D eigenvalue weighted by molar-refractivity contribution is 0.280. The number of guanidine groups is 1. The SMILES string of the molecule is CCNC(=NCc1ccccc1CO)NCCc1ccc(Cl)cc1.I. The summed E-state index contributed by atoms with van der Waals surface area (Å²) in [6.45, 7) is 4.20. The summed E-state index contributed by atoms with van der Waals surface area (Å²) in [6, 6.07) is 15.7. The first-order valence-electron chi connectivity index (χ1n) is 8.17. The lowest BCUT2D eigenvalue weighted by atomic mass is 10.1. The van der Waals surface area contributed by atoms with Crippen LogP contribution in [0.2, 0.25) is 5.02 Å². The quantitative estimate of drug-likeness (QED) is 0.326. The van der Waals surface area contributed by atoms with Crippen LogP contribution in [0.4, 0.5) is 0 Å². The molecule has 0 spiro atoms. The Hall–Kier alpha value is -1.31. The van der Waals surface area contributed by atoms with Gasteiger partial charge < -0.3 is 15.7 Å². The fraction of sp³-hybridized carbons (Fsp3) is 0.316. The number of rotatable bonds is 7. The van der Waals surface area contributed by atoms with Gasteiger partial charge in [0, 0.05) is 18.1 Å². The Kier molecular flexibility index (Phi) is 10.5. The van der Waals surface area contributed by atoms with Gasteiger partial charge in [-0.3, -0.25) is 0 Å². The van der Waals surface area contributed by atoms with E-state index in [1.54, 1.807) is 0 Å². The number of nitrogens with one attached hydrogen (secondary N) is 2. The van der Waals surface area contributed by atoms with E-state index in [1.165, 1.54) is 5.56 Å². The van der Waals surface area contributed by atoms with Gasteiger partial charge >= 0.3 is 0 Å². The average Bonchev–Trinajstić information content (AvgIpc) is 2.61. The number of halogens is 2. The van der Waals surface area contributed by atoms with Crippen LogP contribution in [0, 0.1) is 0 Å². The van der Waals surface area contributed by atoms with Gasteiger partial charge in [0.05, 0.1) is 13.2 Å². The number of benzene rings is 2. The van der Waals surface area contributed by atoms with Gasteiger partial charge in [-0.2, -0.15) is 0 Å². The van der Waals surface area contributed by atoms with Crippen molar-refractivity contribution in [3.8, 4) is 0 Å². The van der Waals surface area contributed by atoms with Crippen LogP contribution in [0.15, 0.2) is 53.5 Å². The van der Waals surface area contributed by atoms with Crippen LogP contribution in [0.3, 0.4) is 0 Å². The maximum Gasteiger partial charge on any atom is 0.191 e. The van der Waals surface area contributed by atoms with Crippen molar-refractivity contribution in [1.29, 1.82) is 0 Å². The van der Waals surface area contributed by atoms with E-state index in [0.29, 0.717) is 6.54 Å². The molecule has 0 aliphatic carbocycles. The predicted octanol–water partition coefficient (Wildman–Crippen LogP) is 3.75. The van der Waals surface area contributed by atoms with Gasteiger partial charge in [0.15, 0.2) is 5.96 Å². The zero-order valence-corrected chi connectivity index (χ0v) is 17.4. The van der Waals surface area contributed by atoms with Crippen LogP contribution in [0.5, 0.6) is 0 Å². The molecule has 0 amide bonds. The summed E-state index contributed by atoms with van der Waals surface area (Å²) in [5, 5.41) is 16.7. The molecule has 4 nitrogen and oxygen atoms in total. The maximum atomic E-state index is 9.38. The molecule has 2 aromatic carbocycles. The Bertz CT molecular complexity index is 662. The Morgan fingerprint density at radius 3 is 2.36 bits per heavy atom. The average molecular weight is 474 g/mol. The van der Waals surface area contributed by atoms with Crippen LogP contribution in [-0.4, -0.2) is 24.2 Å². The van der Waals surface area contributed by atoms with E-state index in [2.05, 4.69) is 15.6 Å². The zero-order valence-electron chi connectivity index (χ0n) is 14.3. The van der Waals surface area contributed by atoms with Gasteiger partial charge in [0.1, 0.15) is 0 Å². The molecule has 6 heteroatoms. The van der Waals surface area contributed by atoms with Gasteiger partial charge in [0.2, 0.25) is 0 Å². The largest absolute Gasteiger partial charge is 0.392 e. The van der Waals surface area contributed by atoms with Crippen LogP contribution in [0.1, 0.15) is 23.6 Å². The Morgan fingerprint density at radius 1 is 1.04 bits per heavy atom. The highest BCUT2D eigenvalue weighted by molar-refractivity contribution is 14.0. The molecule has 0 atom stereocenters. The summed E-state index contributed by atoms with van der Waals surface area (Å²) in [7, 11) is 0. The van der Waals surface area contributed by atoms with Gasteiger partial charge in [-0.1, -0.05) is 48.0 Å². The van der Waals surface area contributed by atoms with Crippen molar-refractivity contribution in [3.05, 3.63) is 70.2 Å². The molecule has 2 aromatic rings. The van der Waals surface area contributed by atoms with Crippen molar-refractivity contribution in [1.82, 2.24) is 10.6 Å². The Balaban J connectivity index is 0.00000312. The fourth-order valence-electron chi connectivity index (χ4n) is 2.35. The molecule has 0 saturated heterocycles. The van der Waals surface area contributed by atoms with Crippen molar-refractivity contribution in [2.24, 2.45) is 4.99 Å². The minimum absolute atomic E-state index is 0. The molecule has 2 rings (SSSR count). The number of hydrogen-bond donors (Lipinski definition) is 3. The molecule has 0 heterocycles. The normalized spacial score (nSPS) is 10.9. The third-order valence-electron chi connectivity index (χ3n) is 3.66. The van der Waals surface area contributed by atoms with Gasteiger partial charge in [-0.05, 0) is 42.2 Å². The molecule has 136 valence electrons. The molecule has 0 saturated carbocycles. The van der Waals surface area contributed by atoms with Crippen LogP contribution < -0.4 is 10.6 Å². The molecule has 0 fully saturated rings. The summed E-state index contributed by atoms with van der Waals surface area (Å²) in [6.07, 6.45) is 0.898. The number of hydrogen-bond acceptors (Lipinski definition) is 2. The molecule has 0 aliphatic rings. The molecular weight excluding hydrogens is 449 g/mol. The van der Waals surface area contributed by atoms with Crippen LogP contribution in [-0.2, 0) is 19.6 Å². The van der Waals surface area contributed by atoms with Crippen LogP contribution >= 0.6 is 35.6 Å². The minimum atomic E-state index is 0. The first-order valence-corrected chi connectivity index (χ1v) is 8.55. The van der Waals surface area contributed by atoms with E-state index in [0.717, 1.165) is 41.6 Å². The van der Waals surface area contributed by atoms with Crippen molar-refractivity contribution >= 4 is 41.5 Å². The molecule has 0 bridgehead atoms. The van der Waals surface area contributed by atoms with Crippen molar-refractivity contribution in [3.63, 3.8) is 0 Å². The monoisotopic (exact) mass is 473 g/mol. The van der Waals surface area contributed by atoms with E-state index < -0.39 is 0 Å². The van der Waals surface area contributed by atoms with Gasteiger partial charge in [-0.25, -0.2) is 4.99 Å². The number of nitrogens with zero attached hydrogens (tertiary/aromatic N) is 1. The summed E-state index contributed by atoms with van der Waals surface area (Å²) in [4.78, 5) is 4.60. The lowest BCUT2D eigenvalue weighted by Crippen LogP contribution is -2.38. The molecular formula is C19H25ClIN3O. The molecule has 3 N–H and O–H groups in total. The van der Waals surface area contributed by atoms with Crippen molar-refractivity contribution < 1.29 is 5.11 Å². The van der Waals surface area contributed by atoms with Crippen molar-refractivity contribution in [2.45, 2.75) is 26.5 Å². The summed E-state index contributed by atoms with van der Waals surface area (Å²) in [5.41, 5.74) is 3.18. The number of aliphatic imine (C=N–C) groups is 1. The fourth-order valence-corrected chi connectivity index (χ4v) is 2.47. The molecule has 25 heavy (non-hydrogen) atoms. The third-order valence-corrected chi connectivity index (χ3v) is 3.91. The Labute approximate surface area is 171 Å². The van der Waals surface area contributed by atoms with E-state index in [1.807, 2.05) is 55.5 Å². The second-order valence-corrected chi connectivity index (χ2v) is 5.86. The summed E-state index contributed by atoms with van der Waals surface area (Å²) in [5.74, 6) is 0.777. The molecule has 0 aliphatic heterocycles. The Morgan fingerprint density at radius 2 is 1.72 bits per heavy atom. The highest BCUT2D eigenvalue weighted by Gasteiger charge is 2.02. The number of aliphatic hydroxyl groups is 1. The van der Waals surface area contributed by atoms with Crippen molar-refractivity contribution in [2.75, 3.05) is 13.1 Å². The van der Waals surface area contributed by atoms with Gasteiger partial charge in [-0.15, -0.1) is 24.0 Å². The molecule has 0 aromatic heterocycles. The van der Waals surface area contributed by atoms with Crippen LogP contribution in [0.25, 0.3) is 0 Å². The first-order chi connectivity index (χ1) is 11.7. The zero-order chi connectivity index (χ0) is 17.2. The number of aliphatic hydroxyl groups excluding tert-OH is 1. The second kappa shape index (κ2) is 12.1.